The number of rotatable bonds is 4. The molecule has 0 aromatic rings. The molecule has 2 rings (SSSR count). The Morgan fingerprint density at radius 1 is 1.28 bits per heavy atom. The Balaban J connectivity index is 1.72. The van der Waals surface area contributed by atoms with Crippen molar-refractivity contribution in [2.45, 2.75) is 50.2 Å². The molecule has 0 unspecified atom stereocenters. The van der Waals surface area contributed by atoms with Crippen LogP contribution in [-0.2, 0) is 4.79 Å². The van der Waals surface area contributed by atoms with Gasteiger partial charge in [-0.2, -0.15) is 13.2 Å². The van der Waals surface area contributed by atoms with E-state index in [9.17, 15) is 18.0 Å². The van der Waals surface area contributed by atoms with E-state index in [0.29, 0.717) is 12.3 Å². The topological polar surface area (TPSA) is 41.1 Å². The maximum atomic E-state index is 12.6. The van der Waals surface area contributed by atoms with Gasteiger partial charge < -0.3 is 10.6 Å². The molecule has 2 aliphatic rings. The predicted octanol–water partition coefficient (Wildman–Crippen LogP) is 1.98. The smallest absolute Gasteiger partial charge is 0.342 e. The first-order valence-electron chi connectivity index (χ1n) is 6.51. The van der Waals surface area contributed by atoms with Gasteiger partial charge in [0.25, 0.3) is 0 Å². The zero-order chi connectivity index (χ0) is 13.2. The second-order valence-electron chi connectivity index (χ2n) is 5.36. The quantitative estimate of drug-likeness (QED) is 0.815. The number of carbonyl (C=O) groups excluding carboxylic acids is 1. The molecule has 1 aliphatic heterocycles. The lowest BCUT2D eigenvalue weighted by Crippen LogP contribution is -2.47. The summed E-state index contributed by atoms with van der Waals surface area (Å²) in [6.07, 6.45) is -1.33. The van der Waals surface area contributed by atoms with Crippen LogP contribution in [0.3, 0.4) is 0 Å². The summed E-state index contributed by atoms with van der Waals surface area (Å²) in [5, 5.41) is 5.39. The summed E-state index contributed by atoms with van der Waals surface area (Å²) in [6.45, 7) is 1.89. The molecular weight excluding hydrogens is 245 g/mol. The summed E-state index contributed by atoms with van der Waals surface area (Å²) in [4.78, 5) is 11.6. The third-order valence-electron chi connectivity index (χ3n) is 3.91. The van der Waals surface area contributed by atoms with Gasteiger partial charge in [-0.15, -0.1) is 0 Å². The predicted molar refractivity (Wildman–Crippen MR) is 61.0 cm³/mol. The molecule has 0 aromatic heterocycles. The van der Waals surface area contributed by atoms with Crippen LogP contribution in [0.15, 0.2) is 0 Å². The molecule has 1 saturated heterocycles. The third-order valence-corrected chi connectivity index (χ3v) is 3.91. The minimum absolute atomic E-state index is 0.0234. The number of alkyl halides is 3. The third kappa shape index (κ3) is 3.16. The molecule has 1 aliphatic carbocycles. The molecule has 18 heavy (non-hydrogen) atoms. The lowest BCUT2D eigenvalue weighted by atomic mass is 9.93. The van der Waals surface area contributed by atoms with Gasteiger partial charge in [0.2, 0.25) is 5.91 Å². The molecule has 1 heterocycles. The molecule has 104 valence electrons. The van der Waals surface area contributed by atoms with Crippen molar-refractivity contribution >= 4 is 5.91 Å². The minimum Gasteiger partial charge on any atom is -0.342 e. The van der Waals surface area contributed by atoms with Crippen molar-refractivity contribution in [3.8, 4) is 0 Å². The van der Waals surface area contributed by atoms with Crippen LogP contribution in [0.1, 0.15) is 38.5 Å². The molecule has 0 bridgehead atoms. The second kappa shape index (κ2) is 5.07. The standard InChI is InChI=1S/C12H19F3N2O/c13-12(14,15)11(5-6-11)17-10(18)2-1-9-3-7-16-8-4-9/h9,16H,1-8H2,(H,17,18). The highest BCUT2D eigenvalue weighted by molar-refractivity contribution is 5.77. The fraction of sp³-hybridized carbons (Fsp3) is 0.917. The van der Waals surface area contributed by atoms with E-state index in [1.54, 1.807) is 0 Å². The lowest BCUT2D eigenvalue weighted by molar-refractivity contribution is -0.170. The van der Waals surface area contributed by atoms with Crippen LogP contribution >= 0.6 is 0 Å². The molecule has 3 nitrogen and oxygen atoms in total. The Labute approximate surface area is 104 Å². The average Bonchev–Trinajstić information content (AvgIpc) is 3.08. The monoisotopic (exact) mass is 264 g/mol. The highest BCUT2D eigenvalue weighted by Crippen LogP contribution is 2.48. The van der Waals surface area contributed by atoms with Gasteiger partial charge in [-0.05, 0) is 51.1 Å². The van der Waals surface area contributed by atoms with Crippen molar-refractivity contribution in [1.82, 2.24) is 10.6 Å². The highest BCUT2D eigenvalue weighted by atomic mass is 19.4. The van der Waals surface area contributed by atoms with Crippen molar-refractivity contribution in [3.63, 3.8) is 0 Å². The Morgan fingerprint density at radius 3 is 2.39 bits per heavy atom. The van der Waals surface area contributed by atoms with Crippen molar-refractivity contribution in [2.75, 3.05) is 13.1 Å². The number of carbonyl (C=O) groups is 1. The summed E-state index contributed by atoms with van der Waals surface area (Å²) in [5.74, 6) is 0.0152. The van der Waals surface area contributed by atoms with Crippen LogP contribution in [0.25, 0.3) is 0 Å². The zero-order valence-corrected chi connectivity index (χ0v) is 10.3. The molecule has 0 radical (unpaired) electrons. The zero-order valence-electron chi connectivity index (χ0n) is 10.3. The van der Waals surface area contributed by atoms with E-state index >= 15 is 0 Å². The Kier molecular flexibility index (Phi) is 3.84. The van der Waals surface area contributed by atoms with Gasteiger partial charge in [0.15, 0.2) is 0 Å². The van der Waals surface area contributed by atoms with E-state index in [-0.39, 0.29) is 19.3 Å². The molecule has 2 N–H and O–H groups in total. The van der Waals surface area contributed by atoms with Gasteiger partial charge in [-0.25, -0.2) is 0 Å². The van der Waals surface area contributed by atoms with Crippen molar-refractivity contribution < 1.29 is 18.0 Å². The normalized spacial score (nSPS) is 23.7. The molecule has 1 saturated carbocycles. The first kappa shape index (κ1) is 13.6. The van der Waals surface area contributed by atoms with E-state index in [0.717, 1.165) is 25.9 Å². The molecule has 0 spiro atoms. The van der Waals surface area contributed by atoms with Crippen LogP contribution < -0.4 is 10.6 Å². The summed E-state index contributed by atoms with van der Waals surface area (Å²) < 4.78 is 37.9. The van der Waals surface area contributed by atoms with Crippen LogP contribution in [0.5, 0.6) is 0 Å². The van der Waals surface area contributed by atoms with E-state index < -0.39 is 17.6 Å². The van der Waals surface area contributed by atoms with Gasteiger partial charge >= 0.3 is 6.18 Å². The first-order chi connectivity index (χ1) is 8.43. The van der Waals surface area contributed by atoms with Gasteiger partial charge in [-0.1, -0.05) is 0 Å². The molecule has 0 atom stereocenters. The number of hydrogen-bond donors (Lipinski definition) is 2. The van der Waals surface area contributed by atoms with E-state index in [1.807, 2.05) is 0 Å². The first-order valence-corrected chi connectivity index (χ1v) is 6.51. The maximum absolute atomic E-state index is 12.6. The summed E-state index contributed by atoms with van der Waals surface area (Å²) in [6, 6.07) is 0. The average molecular weight is 264 g/mol. The van der Waals surface area contributed by atoms with Crippen molar-refractivity contribution in [1.29, 1.82) is 0 Å². The fourth-order valence-electron chi connectivity index (χ4n) is 2.44. The number of hydrogen-bond acceptors (Lipinski definition) is 2. The summed E-state index contributed by atoms with van der Waals surface area (Å²) >= 11 is 0. The Hall–Kier alpha value is -0.780. The number of halogens is 3. The van der Waals surface area contributed by atoms with Crippen LogP contribution in [0, 0.1) is 5.92 Å². The van der Waals surface area contributed by atoms with Gasteiger partial charge in [0.05, 0.1) is 0 Å². The van der Waals surface area contributed by atoms with E-state index in [1.165, 1.54) is 0 Å². The molecule has 2 fully saturated rings. The van der Waals surface area contributed by atoms with Crippen LogP contribution in [0.4, 0.5) is 13.2 Å². The molecule has 0 aromatic carbocycles. The summed E-state index contributed by atoms with van der Waals surface area (Å²) in [5.41, 5.74) is -1.90. The molecule has 6 heteroatoms. The highest BCUT2D eigenvalue weighted by Gasteiger charge is 2.64. The maximum Gasteiger partial charge on any atom is 0.411 e. The number of amides is 1. The number of piperidine rings is 1. The molecular formula is C12H19F3N2O. The van der Waals surface area contributed by atoms with Crippen molar-refractivity contribution in [3.05, 3.63) is 0 Å². The molecule has 1 amide bonds. The summed E-state index contributed by atoms with van der Waals surface area (Å²) in [7, 11) is 0. The fourth-order valence-corrected chi connectivity index (χ4v) is 2.44. The van der Waals surface area contributed by atoms with E-state index in [4.69, 9.17) is 0 Å². The van der Waals surface area contributed by atoms with Crippen molar-refractivity contribution in [2.24, 2.45) is 5.92 Å². The lowest BCUT2D eigenvalue weighted by Gasteiger charge is -2.24. The largest absolute Gasteiger partial charge is 0.411 e. The number of nitrogens with one attached hydrogen (secondary N) is 2. The van der Waals surface area contributed by atoms with Crippen LogP contribution in [-0.4, -0.2) is 30.7 Å². The van der Waals surface area contributed by atoms with Gasteiger partial charge in [-0.3, -0.25) is 4.79 Å². The minimum atomic E-state index is -4.31. The Morgan fingerprint density at radius 2 is 1.89 bits per heavy atom. The Bertz CT molecular complexity index is 307. The van der Waals surface area contributed by atoms with Crippen LogP contribution in [0.2, 0.25) is 0 Å². The SMILES string of the molecule is O=C(CCC1CCNCC1)NC1(C(F)(F)F)CC1. The van der Waals surface area contributed by atoms with Gasteiger partial charge in [0.1, 0.15) is 5.54 Å². The van der Waals surface area contributed by atoms with E-state index in [2.05, 4.69) is 10.6 Å². The van der Waals surface area contributed by atoms with Gasteiger partial charge in [0, 0.05) is 6.42 Å². The second-order valence-corrected chi connectivity index (χ2v) is 5.36.